The summed E-state index contributed by atoms with van der Waals surface area (Å²) in [6, 6.07) is 0.711. The van der Waals surface area contributed by atoms with Crippen molar-refractivity contribution in [2.45, 2.75) is 29.6 Å². The Kier molecular flexibility index (Phi) is 3.64. The average molecular weight is 214 g/mol. The Morgan fingerprint density at radius 3 is 3.31 bits per heavy atom. The van der Waals surface area contributed by atoms with Crippen LogP contribution in [0.25, 0.3) is 0 Å². The molecule has 0 bridgehead atoms. The summed E-state index contributed by atoms with van der Waals surface area (Å²) in [5.41, 5.74) is 0. The van der Waals surface area contributed by atoms with Crippen LogP contribution in [-0.4, -0.2) is 23.3 Å². The van der Waals surface area contributed by atoms with Gasteiger partial charge in [0.05, 0.1) is 0 Å². The third-order valence-electron chi connectivity index (χ3n) is 2.23. The van der Waals surface area contributed by atoms with Crippen molar-refractivity contribution in [1.29, 1.82) is 0 Å². The number of nitrogens with zero attached hydrogens (tertiary/aromatic N) is 1. The lowest BCUT2D eigenvalue weighted by Gasteiger charge is -2.22. The molecule has 0 saturated carbocycles. The van der Waals surface area contributed by atoms with E-state index in [0.717, 1.165) is 0 Å². The zero-order valence-corrected chi connectivity index (χ0v) is 9.16. The quantitative estimate of drug-likeness (QED) is 0.782. The molecule has 1 aliphatic heterocycles. The standard InChI is InChI=1S/C9H14N2S2/c1-2-4-10-8(3-1)7-13-9-11-5-6-12-9/h5-6,8,10H,1-4,7H2/t8-/m0/s1. The molecule has 2 nitrogen and oxygen atoms in total. The van der Waals surface area contributed by atoms with Crippen LogP contribution in [0.5, 0.6) is 0 Å². The van der Waals surface area contributed by atoms with E-state index < -0.39 is 0 Å². The van der Waals surface area contributed by atoms with E-state index in [9.17, 15) is 0 Å². The predicted molar refractivity (Wildman–Crippen MR) is 58.5 cm³/mol. The molecular formula is C9H14N2S2. The lowest BCUT2D eigenvalue weighted by molar-refractivity contribution is 0.430. The summed E-state index contributed by atoms with van der Waals surface area (Å²) in [5, 5.41) is 5.58. The maximum absolute atomic E-state index is 4.25. The van der Waals surface area contributed by atoms with Gasteiger partial charge in [-0.25, -0.2) is 4.98 Å². The minimum Gasteiger partial charge on any atom is -0.313 e. The lowest BCUT2D eigenvalue weighted by Crippen LogP contribution is -2.35. The normalized spacial score (nSPS) is 23.2. The molecule has 72 valence electrons. The minimum absolute atomic E-state index is 0.711. The second-order valence-electron chi connectivity index (χ2n) is 3.26. The van der Waals surface area contributed by atoms with Gasteiger partial charge in [0.25, 0.3) is 0 Å². The summed E-state index contributed by atoms with van der Waals surface area (Å²) in [4.78, 5) is 4.25. The van der Waals surface area contributed by atoms with Crippen LogP contribution in [-0.2, 0) is 0 Å². The van der Waals surface area contributed by atoms with Crippen molar-refractivity contribution < 1.29 is 0 Å². The maximum Gasteiger partial charge on any atom is 0.149 e. The van der Waals surface area contributed by atoms with Crippen molar-refractivity contribution in [2.24, 2.45) is 0 Å². The molecule has 1 aromatic heterocycles. The first-order chi connectivity index (χ1) is 6.45. The Labute approximate surface area is 87.1 Å². The first kappa shape index (κ1) is 9.49. The third-order valence-corrected chi connectivity index (χ3v) is 4.36. The number of nitrogens with one attached hydrogen (secondary N) is 1. The number of hydrogen-bond donors (Lipinski definition) is 1. The highest BCUT2D eigenvalue weighted by atomic mass is 32.2. The Morgan fingerprint density at radius 1 is 1.62 bits per heavy atom. The highest BCUT2D eigenvalue weighted by molar-refractivity contribution is 8.01. The molecule has 1 saturated heterocycles. The summed E-state index contributed by atoms with van der Waals surface area (Å²) in [5.74, 6) is 1.17. The van der Waals surface area contributed by atoms with Crippen molar-refractivity contribution >= 4 is 23.1 Å². The SMILES string of the molecule is c1csc(SC[C@@H]2CCCCN2)n1. The van der Waals surface area contributed by atoms with Gasteiger partial charge in [0.2, 0.25) is 0 Å². The van der Waals surface area contributed by atoms with Gasteiger partial charge >= 0.3 is 0 Å². The number of aromatic nitrogens is 1. The van der Waals surface area contributed by atoms with Gasteiger partial charge in [0, 0.05) is 23.4 Å². The number of thiazole rings is 1. The maximum atomic E-state index is 4.25. The Balaban J connectivity index is 1.72. The van der Waals surface area contributed by atoms with Crippen LogP contribution in [0.15, 0.2) is 15.9 Å². The van der Waals surface area contributed by atoms with Crippen LogP contribution in [0, 0.1) is 0 Å². The number of rotatable bonds is 3. The monoisotopic (exact) mass is 214 g/mol. The van der Waals surface area contributed by atoms with Crippen molar-refractivity contribution in [3.05, 3.63) is 11.6 Å². The van der Waals surface area contributed by atoms with Crippen LogP contribution in [0.2, 0.25) is 0 Å². The summed E-state index contributed by atoms with van der Waals surface area (Å²) < 4.78 is 1.20. The Morgan fingerprint density at radius 2 is 2.62 bits per heavy atom. The van der Waals surface area contributed by atoms with Gasteiger partial charge in [-0.1, -0.05) is 18.2 Å². The molecule has 0 unspecified atom stereocenters. The van der Waals surface area contributed by atoms with E-state index in [1.807, 2.05) is 23.3 Å². The van der Waals surface area contributed by atoms with Gasteiger partial charge in [-0.15, -0.1) is 11.3 Å². The van der Waals surface area contributed by atoms with Crippen LogP contribution in [0.3, 0.4) is 0 Å². The molecule has 13 heavy (non-hydrogen) atoms. The van der Waals surface area contributed by atoms with Crippen LogP contribution < -0.4 is 5.32 Å². The van der Waals surface area contributed by atoms with E-state index in [1.165, 1.54) is 35.9 Å². The zero-order valence-electron chi connectivity index (χ0n) is 7.53. The molecule has 1 N–H and O–H groups in total. The zero-order chi connectivity index (χ0) is 8.93. The third kappa shape index (κ3) is 2.97. The highest BCUT2D eigenvalue weighted by Gasteiger charge is 2.12. The molecule has 0 amide bonds. The van der Waals surface area contributed by atoms with Gasteiger partial charge in [-0.05, 0) is 19.4 Å². The number of thioether (sulfide) groups is 1. The first-order valence-corrected chi connectivity index (χ1v) is 6.57. The predicted octanol–water partition coefficient (Wildman–Crippen LogP) is 2.38. The van der Waals surface area contributed by atoms with Crippen LogP contribution in [0.1, 0.15) is 19.3 Å². The molecule has 1 aromatic rings. The molecule has 2 rings (SSSR count). The average Bonchev–Trinajstić information content (AvgIpc) is 2.69. The number of hydrogen-bond acceptors (Lipinski definition) is 4. The van der Waals surface area contributed by atoms with E-state index in [4.69, 9.17) is 0 Å². The van der Waals surface area contributed by atoms with E-state index in [-0.39, 0.29) is 0 Å². The van der Waals surface area contributed by atoms with Crippen molar-refractivity contribution in [3.63, 3.8) is 0 Å². The van der Waals surface area contributed by atoms with Gasteiger partial charge in [-0.3, -0.25) is 0 Å². The fourth-order valence-corrected chi connectivity index (χ4v) is 3.29. The summed E-state index contributed by atoms with van der Waals surface area (Å²) in [6.45, 7) is 1.20. The summed E-state index contributed by atoms with van der Waals surface area (Å²) >= 11 is 3.61. The molecule has 1 fully saturated rings. The van der Waals surface area contributed by atoms with E-state index >= 15 is 0 Å². The van der Waals surface area contributed by atoms with Crippen molar-refractivity contribution in [2.75, 3.05) is 12.3 Å². The molecule has 1 aliphatic rings. The largest absolute Gasteiger partial charge is 0.313 e. The fraction of sp³-hybridized carbons (Fsp3) is 0.667. The topological polar surface area (TPSA) is 24.9 Å². The second kappa shape index (κ2) is 4.98. The molecule has 0 aliphatic carbocycles. The Bertz CT molecular complexity index is 230. The van der Waals surface area contributed by atoms with E-state index in [2.05, 4.69) is 10.3 Å². The summed E-state index contributed by atoms with van der Waals surface area (Å²) in [6.07, 6.45) is 5.94. The minimum atomic E-state index is 0.711. The highest BCUT2D eigenvalue weighted by Crippen LogP contribution is 2.22. The fourth-order valence-electron chi connectivity index (χ4n) is 1.52. The van der Waals surface area contributed by atoms with Crippen molar-refractivity contribution in [1.82, 2.24) is 10.3 Å². The first-order valence-electron chi connectivity index (χ1n) is 4.71. The molecule has 2 heterocycles. The molecular weight excluding hydrogens is 200 g/mol. The van der Waals surface area contributed by atoms with Gasteiger partial charge in [-0.2, -0.15) is 0 Å². The lowest BCUT2D eigenvalue weighted by atomic mass is 10.1. The van der Waals surface area contributed by atoms with E-state index in [1.54, 1.807) is 11.3 Å². The molecule has 0 spiro atoms. The molecule has 0 aromatic carbocycles. The summed E-state index contributed by atoms with van der Waals surface area (Å²) in [7, 11) is 0. The molecule has 1 atom stereocenters. The van der Waals surface area contributed by atoms with Crippen LogP contribution in [0.4, 0.5) is 0 Å². The van der Waals surface area contributed by atoms with Crippen LogP contribution >= 0.6 is 23.1 Å². The van der Waals surface area contributed by atoms with E-state index in [0.29, 0.717) is 6.04 Å². The molecule has 4 heteroatoms. The van der Waals surface area contributed by atoms with Gasteiger partial charge < -0.3 is 5.32 Å². The van der Waals surface area contributed by atoms with Gasteiger partial charge in [0.1, 0.15) is 4.34 Å². The molecule has 0 radical (unpaired) electrons. The van der Waals surface area contributed by atoms with Gasteiger partial charge in [0.15, 0.2) is 0 Å². The smallest absolute Gasteiger partial charge is 0.149 e. The number of piperidine rings is 1. The van der Waals surface area contributed by atoms with Crippen molar-refractivity contribution in [3.8, 4) is 0 Å². The Hall–Kier alpha value is -0.0600. The second-order valence-corrected chi connectivity index (χ2v) is 5.42.